The Labute approximate surface area is 154 Å². The second-order valence-corrected chi connectivity index (χ2v) is 6.05. The normalized spacial score (nSPS) is 12.0. The van der Waals surface area contributed by atoms with Crippen molar-refractivity contribution in [2.75, 3.05) is 12.4 Å². The molecule has 1 atom stereocenters. The number of benzene rings is 2. The van der Waals surface area contributed by atoms with Crippen LogP contribution in [0.25, 0.3) is 0 Å². The lowest BCUT2D eigenvalue weighted by Gasteiger charge is -2.15. The molecule has 1 amide bonds. The fourth-order valence-electron chi connectivity index (χ4n) is 2.59. The first-order chi connectivity index (χ1) is 12.5. The van der Waals surface area contributed by atoms with Crippen molar-refractivity contribution < 1.29 is 9.53 Å². The van der Waals surface area contributed by atoms with E-state index in [0.717, 1.165) is 28.1 Å². The maximum Gasteiger partial charge on any atom is 0.263 e. The summed E-state index contributed by atoms with van der Waals surface area (Å²) in [6, 6.07) is 15.1. The van der Waals surface area contributed by atoms with Gasteiger partial charge in [-0.3, -0.25) is 4.79 Å². The van der Waals surface area contributed by atoms with Crippen LogP contribution in [0.4, 0.5) is 5.69 Å². The molecule has 2 rings (SSSR count). The van der Waals surface area contributed by atoms with Gasteiger partial charge in [0.1, 0.15) is 17.4 Å². The Kier molecular flexibility index (Phi) is 6.40. The van der Waals surface area contributed by atoms with Crippen LogP contribution in [0.3, 0.4) is 0 Å². The highest BCUT2D eigenvalue weighted by Crippen LogP contribution is 2.20. The first-order valence-electron chi connectivity index (χ1n) is 8.34. The summed E-state index contributed by atoms with van der Waals surface area (Å²) in [7, 11) is 1.60. The van der Waals surface area contributed by atoms with Crippen LogP contribution in [0.5, 0.6) is 5.75 Å². The molecule has 0 aliphatic heterocycles. The number of nitrogens with zero attached hydrogens (tertiary/aromatic N) is 1. The zero-order valence-corrected chi connectivity index (χ0v) is 15.5. The molecule has 2 N–H and O–H groups in total. The summed E-state index contributed by atoms with van der Waals surface area (Å²) in [5.74, 6) is 0.331. The monoisotopic (exact) mass is 349 g/mol. The number of nitriles is 1. The maximum absolute atomic E-state index is 12.4. The van der Waals surface area contributed by atoms with Crippen LogP contribution >= 0.6 is 0 Å². The molecule has 0 aliphatic carbocycles. The zero-order valence-electron chi connectivity index (χ0n) is 15.5. The van der Waals surface area contributed by atoms with Gasteiger partial charge in [-0.25, -0.2) is 0 Å². The predicted molar refractivity (Wildman–Crippen MR) is 103 cm³/mol. The number of carbonyl (C=O) groups excluding carboxylic acids is 1. The summed E-state index contributed by atoms with van der Waals surface area (Å²) < 4.78 is 5.13. The standard InChI is InChI=1S/C21H23N3O2/c1-14-6-5-7-15(2)20(14)23-13-18(12-22)21(25)24-16(3)17-8-10-19(26-4)11-9-17/h5-11,13,16,23H,1-4H3,(H,24,25)/b18-13-. The Hall–Kier alpha value is -3.26. The van der Waals surface area contributed by atoms with Gasteiger partial charge in [0.15, 0.2) is 0 Å². The van der Waals surface area contributed by atoms with E-state index in [0.29, 0.717) is 0 Å². The molecule has 2 aromatic carbocycles. The Morgan fingerprint density at radius 3 is 2.31 bits per heavy atom. The average Bonchev–Trinajstić information content (AvgIpc) is 2.64. The fraction of sp³-hybridized carbons (Fsp3) is 0.238. The maximum atomic E-state index is 12.4. The third kappa shape index (κ3) is 4.64. The number of amides is 1. The van der Waals surface area contributed by atoms with Crippen molar-refractivity contribution in [3.05, 3.63) is 70.9 Å². The summed E-state index contributed by atoms with van der Waals surface area (Å²) in [5, 5.41) is 15.2. The molecule has 1 unspecified atom stereocenters. The van der Waals surface area contributed by atoms with Crippen LogP contribution in [0.1, 0.15) is 29.7 Å². The molecule has 0 heterocycles. The molecule has 5 nitrogen and oxygen atoms in total. The molecule has 2 aromatic rings. The number of nitrogens with one attached hydrogen (secondary N) is 2. The number of hydrogen-bond acceptors (Lipinski definition) is 4. The number of aryl methyl sites for hydroxylation is 2. The van der Waals surface area contributed by atoms with Crippen molar-refractivity contribution in [2.45, 2.75) is 26.8 Å². The van der Waals surface area contributed by atoms with Gasteiger partial charge in [0.05, 0.1) is 13.2 Å². The Balaban J connectivity index is 2.09. The van der Waals surface area contributed by atoms with Gasteiger partial charge >= 0.3 is 0 Å². The molecule has 0 aliphatic rings. The Bertz CT molecular complexity index is 828. The van der Waals surface area contributed by atoms with Crippen molar-refractivity contribution in [1.82, 2.24) is 5.32 Å². The van der Waals surface area contributed by atoms with E-state index in [9.17, 15) is 10.1 Å². The lowest BCUT2D eigenvalue weighted by Crippen LogP contribution is -2.28. The Morgan fingerprint density at radius 1 is 1.15 bits per heavy atom. The van der Waals surface area contributed by atoms with Crippen molar-refractivity contribution in [3.8, 4) is 11.8 Å². The minimum Gasteiger partial charge on any atom is -0.497 e. The van der Waals surface area contributed by atoms with Crippen LogP contribution in [0.15, 0.2) is 54.2 Å². The molecule has 5 heteroatoms. The minimum atomic E-state index is -0.422. The highest BCUT2D eigenvalue weighted by atomic mass is 16.5. The lowest BCUT2D eigenvalue weighted by atomic mass is 10.1. The smallest absolute Gasteiger partial charge is 0.263 e. The van der Waals surface area contributed by atoms with Gasteiger partial charge in [-0.15, -0.1) is 0 Å². The van der Waals surface area contributed by atoms with Gasteiger partial charge in [-0.2, -0.15) is 5.26 Å². The Morgan fingerprint density at radius 2 is 1.77 bits per heavy atom. The van der Waals surface area contributed by atoms with E-state index < -0.39 is 5.91 Å². The summed E-state index contributed by atoms with van der Waals surface area (Å²) >= 11 is 0. The summed E-state index contributed by atoms with van der Waals surface area (Å²) in [5.41, 5.74) is 3.94. The van der Waals surface area contributed by atoms with Crippen molar-refractivity contribution in [1.29, 1.82) is 5.26 Å². The number of carbonyl (C=O) groups is 1. The van der Waals surface area contributed by atoms with Crippen LogP contribution < -0.4 is 15.4 Å². The quantitative estimate of drug-likeness (QED) is 0.610. The van der Waals surface area contributed by atoms with Crippen molar-refractivity contribution in [2.24, 2.45) is 0 Å². The van der Waals surface area contributed by atoms with E-state index in [1.54, 1.807) is 7.11 Å². The number of rotatable bonds is 6. The number of anilines is 1. The minimum absolute atomic E-state index is 0.0213. The van der Waals surface area contributed by atoms with Crippen molar-refractivity contribution in [3.63, 3.8) is 0 Å². The SMILES string of the molecule is COc1ccc(C(C)NC(=O)/C(C#N)=C\Nc2c(C)cccc2C)cc1. The average molecular weight is 349 g/mol. The van der Waals surface area contributed by atoms with E-state index in [2.05, 4.69) is 10.6 Å². The van der Waals surface area contributed by atoms with Crippen LogP contribution in [-0.2, 0) is 4.79 Å². The van der Waals surface area contributed by atoms with Crippen LogP contribution in [0.2, 0.25) is 0 Å². The van der Waals surface area contributed by atoms with Gasteiger partial charge in [-0.05, 0) is 49.6 Å². The predicted octanol–water partition coefficient (Wildman–Crippen LogP) is 4.01. The van der Waals surface area contributed by atoms with Crippen LogP contribution in [-0.4, -0.2) is 13.0 Å². The van der Waals surface area contributed by atoms with E-state index in [1.165, 1.54) is 6.20 Å². The van der Waals surface area contributed by atoms with E-state index in [-0.39, 0.29) is 11.6 Å². The third-order valence-corrected chi connectivity index (χ3v) is 4.17. The second-order valence-electron chi connectivity index (χ2n) is 6.05. The van der Waals surface area contributed by atoms with Gasteiger partial charge in [0.2, 0.25) is 0 Å². The van der Waals surface area contributed by atoms with E-state index in [4.69, 9.17) is 4.74 Å². The summed E-state index contributed by atoms with van der Waals surface area (Å²) in [6.45, 7) is 5.82. The zero-order chi connectivity index (χ0) is 19.1. The van der Waals surface area contributed by atoms with Crippen molar-refractivity contribution >= 4 is 11.6 Å². The number of methoxy groups -OCH3 is 1. The first-order valence-corrected chi connectivity index (χ1v) is 8.34. The summed E-state index contributed by atoms with van der Waals surface area (Å²) in [6.07, 6.45) is 1.45. The van der Waals surface area contributed by atoms with Gasteiger partial charge in [0, 0.05) is 11.9 Å². The molecule has 0 radical (unpaired) electrons. The van der Waals surface area contributed by atoms with Gasteiger partial charge in [0.25, 0.3) is 5.91 Å². The molecule has 134 valence electrons. The molecule has 0 fully saturated rings. The van der Waals surface area contributed by atoms with E-state index in [1.807, 2.05) is 69.3 Å². The molecular formula is C21H23N3O2. The number of para-hydroxylation sites is 1. The molecular weight excluding hydrogens is 326 g/mol. The van der Waals surface area contributed by atoms with Gasteiger partial charge < -0.3 is 15.4 Å². The third-order valence-electron chi connectivity index (χ3n) is 4.17. The first kappa shape index (κ1) is 19.1. The van der Waals surface area contributed by atoms with E-state index >= 15 is 0 Å². The molecule has 0 spiro atoms. The number of ether oxygens (including phenoxy) is 1. The number of hydrogen-bond donors (Lipinski definition) is 2. The molecule has 0 aromatic heterocycles. The summed E-state index contributed by atoms with van der Waals surface area (Å²) in [4.78, 5) is 12.4. The van der Waals surface area contributed by atoms with Crippen LogP contribution in [0, 0.1) is 25.2 Å². The topological polar surface area (TPSA) is 74.1 Å². The molecule has 26 heavy (non-hydrogen) atoms. The highest BCUT2D eigenvalue weighted by Gasteiger charge is 2.14. The largest absolute Gasteiger partial charge is 0.497 e. The molecule has 0 bridgehead atoms. The highest BCUT2D eigenvalue weighted by molar-refractivity contribution is 5.97. The lowest BCUT2D eigenvalue weighted by molar-refractivity contribution is -0.117. The fourth-order valence-corrected chi connectivity index (χ4v) is 2.59. The second kappa shape index (κ2) is 8.72. The molecule has 0 saturated carbocycles. The van der Waals surface area contributed by atoms with Gasteiger partial charge in [-0.1, -0.05) is 30.3 Å². The molecule has 0 saturated heterocycles.